The van der Waals surface area contributed by atoms with E-state index >= 15 is 0 Å². The van der Waals surface area contributed by atoms with Gasteiger partial charge in [-0.15, -0.1) is 6.58 Å². The summed E-state index contributed by atoms with van der Waals surface area (Å²) in [7, 11) is 0. The van der Waals surface area contributed by atoms with Gasteiger partial charge in [0, 0.05) is 30.7 Å². The third-order valence-electron chi connectivity index (χ3n) is 5.05. The van der Waals surface area contributed by atoms with Crippen LogP contribution in [0.4, 0.5) is 4.39 Å². The van der Waals surface area contributed by atoms with Gasteiger partial charge in [0.25, 0.3) is 0 Å². The van der Waals surface area contributed by atoms with Crippen LogP contribution in [0.5, 0.6) is 0 Å². The fourth-order valence-corrected chi connectivity index (χ4v) is 4.36. The predicted octanol–water partition coefficient (Wildman–Crippen LogP) is 1.92. The third kappa shape index (κ3) is 3.23. The molecule has 5 nitrogen and oxygen atoms in total. The minimum absolute atomic E-state index is 0.129. The number of rotatable bonds is 4. The van der Waals surface area contributed by atoms with E-state index < -0.39 is 34.9 Å². The Balaban J connectivity index is 2.45. The number of fused-ring (bicyclic) bond motifs is 1. The molecule has 6 heteroatoms. The van der Waals surface area contributed by atoms with Crippen molar-refractivity contribution in [3.63, 3.8) is 0 Å². The van der Waals surface area contributed by atoms with Crippen molar-refractivity contribution in [1.29, 1.82) is 0 Å². The summed E-state index contributed by atoms with van der Waals surface area (Å²) in [5.74, 6) is -2.30. The van der Waals surface area contributed by atoms with Crippen molar-refractivity contribution < 1.29 is 18.8 Å². The van der Waals surface area contributed by atoms with Crippen molar-refractivity contribution in [3.05, 3.63) is 12.7 Å². The first-order chi connectivity index (χ1) is 11.0. The van der Waals surface area contributed by atoms with Gasteiger partial charge in [0.2, 0.25) is 11.8 Å². The van der Waals surface area contributed by atoms with Crippen molar-refractivity contribution in [3.8, 4) is 0 Å². The molecule has 134 valence electrons. The Morgan fingerprint density at radius 3 is 2.54 bits per heavy atom. The summed E-state index contributed by atoms with van der Waals surface area (Å²) >= 11 is 0. The van der Waals surface area contributed by atoms with E-state index in [1.54, 1.807) is 6.08 Å². The molecule has 0 aromatic heterocycles. The molecule has 0 saturated heterocycles. The molecule has 0 aromatic carbocycles. The lowest BCUT2D eigenvalue weighted by atomic mass is 9.77. The number of allylic oxidation sites excluding steroid dienone is 1. The van der Waals surface area contributed by atoms with Crippen molar-refractivity contribution in [2.24, 2.45) is 17.8 Å². The van der Waals surface area contributed by atoms with Crippen molar-refractivity contribution in [2.45, 2.75) is 64.2 Å². The molecule has 2 N–H and O–H groups in total. The monoisotopic (exact) mass is 338 g/mol. The van der Waals surface area contributed by atoms with Crippen molar-refractivity contribution in [1.82, 2.24) is 10.6 Å². The maximum Gasteiger partial charge on any atom is 0.246 e. The van der Waals surface area contributed by atoms with Crippen LogP contribution in [0.25, 0.3) is 0 Å². The number of ketones is 1. The van der Waals surface area contributed by atoms with E-state index in [0.29, 0.717) is 6.42 Å². The molecule has 0 unspecified atom stereocenters. The topological polar surface area (TPSA) is 75.3 Å². The second-order valence-corrected chi connectivity index (χ2v) is 8.10. The van der Waals surface area contributed by atoms with Gasteiger partial charge in [0.1, 0.15) is 5.54 Å². The van der Waals surface area contributed by atoms with E-state index in [4.69, 9.17) is 0 Å². The molecule has 0 aromatic rings. The van der Waals surface area contributed by atoms with Gasteiger partial charge in [-0.25, -0.2) is 4.39 Å². The fourth-order valence-electron chi connectivity index (χ4n) is 4.36. The fraction of sp³-hybridized carbons (Fsp3) is 0.722. The Kier molecular flexibility index (Phi) is 4.88. The molecular weight excluding hydrogens is 311 g/mol. The molecule has 2 saturated carbocycles. The van der Waals surface area contributed by atoms with Crippen LogP contribution in [-0.4, -0.2) is 34.8 Å². The lowest BCUT2D eigenvalue weighted by molar-refractivity contribution is -0.137. The molecule has 5 atom stereocenters. The van der Waals surface area contributed by atoms with Crippen LogP contribution in [0.1, 0.15) is 47.0 Å². The first-order valence-electron chi connectivity index (χ1n) is 8.41. The average molecular weight is 338 g/mol. The van der Waals surface area contributed by atoms with Crippen LogP contribution in [0.2, 0.25) is 0 Å². The summed E-state index contributed by atoms with van der Waals surface area (Å²) in [6, 6.07) is 0. The molecule has 0 spiro atoms. The molecule has 2 fully saturated rings. The first-order valence-corrected chi connectivity index (χ1v) is 8.41. The standard InChI is InChI=1S/C18H27FN2O3/c1-6-7-12-14-11(8-13(23)15(14)19)9-18(12,20-10(2)22)16(24)21-17(3,4)5/h6,11-12,14-15H,1,7-9H2,2-5H3,(H,20,22)(H,21,24)/t11-,12+,14-,15+,18+/m1/s1. The van der Waals surface area contributed by atoms with Gasteiger partial charge < -0.3 is 10.6 Å². The van der Waals surface area contributed by atoms with Crippen LogP contribution >= 0.6 is 0 Å². The zero-order valence-electron chi connectivity index (χ0n) is 14.8. The highest BCUT2D eigenvalue weighted by Crippen LogP contribution is 2.54. The molecule has 0 heterocycles. The molecule has 2 rings (SSSR count). The molecular formula is C18H27FN2O3. The zero-order valence-corrected chi connectivity index (χ0v) is 14.8. The summed E-state index contributed by atoms with van der Waals surface area (Å²) in [5.41, 5.74) is -1.68. The second kappa shape index (κ2) is 6.30. The number of hydrogen-bond donors (Lipinski definition) is 2. The summed E-state index contributed by atoms with van der Waals surface area (Å²) in [4.78, 5) is 36.6. The third-order valence-corrected chi connectivity index (χ3v) is 5.05. The molecule has 0 radical (unpaired) electrons. The van der Waals surface area contributed by atoms with Gasteiger partial charge in [-0.1, -0.05) is 6.08 Å². The smallest absolute Gasteiger partial charge is 0.246 e. The Hall–Kier alpha value is -1.72. The maximum atomic E-state index is 14.5. The quantitative estimate of drug-likeness (QED) is 0.769. The lowest BCUT2D eigenvalue weighted by Gasteiger charge is -2.39. The largest absolute Gasteiger partial charge is 0.349 e. The van der Waals surface area contributed by atoms with Gasteiger partial charge in [0.05, 0.1) is 0 Å². The molecule has 2 aliphatic carbocycles. The molecule has 2 amide bonds. The zero-order chi connectivity index (χ0) is 18.3. The minimum atomic E-state index is -1.57. The Morgan fingerprint density at radius 2 is 2.04 bits per heavy atom. The van der Waals surface area contributed by atoms with Gasteiger partial charge in [0.15, 0.2) is 12.0 Å². The lowest BCUT2D eigenvalue weighted by Crippen LogP contribution is -2.64. The molecule has 0 bridgehead atoms. The van der Waals surface area contributed by atoms with Gasteiger partial charge in [-0.05, 0) is 39.5 Å². The SMILES string of the molecule is C=CC[C@H]1[C@H]2[C@H](CC(=O)[C@@H]2F)C[C@@]1(NC(C)=O)C(=O)NC(C)(C)C. The number of nitrogens with one attached hydrogen (secondary N) is 2. The van der Waals surface area contributed by atoms with Crippen LogP contribution < -0.4 is 10.6 Å². The van der Waals surface area contributed by atoms with E-state index in [-0.39, 0.29) is 30.6 Å². The van der Waals surface area contributed by atoms with E-state index in [0.717, 1.165) is 0 Å². The molecule has 0 aliphatic heterocycles. The summed E-state index contributed by atoms with van der Waals surface area (Å²) in [6.07, 6.45) is 0.835. The first kappa shape index (κ1) is 18.6. The summed E-state index contributed by atoms with van der Waals surface area (Å²) < 4.78 is 14.5. The van der Waals surface area contributed by atoms with E-state index in [2.05, 4.69) is 17.2 Å². The normalized spacial score (nSPS) is 35.5. The Morgan fingerprint density at radius 1 is 1.42 bits per heavy atom. The highest BCUT2D eigenvalue weighted by molar-refractivity contribution is 5.94. The van der Waals surface area contributed by atoms with Crippen LogP contribution in [-0.2, 0) is 14.4 Å². The van der Waals surface area contributed by atoms with Crippen LogP contribution in [0, 0.1) is 17.8 Å². The van der Waals surface area contributed by atoms with E-state index in [1.165, 1.54) is 6.92 Å². The molecule has 24 heavy (non-hydrogen) atoms. The minimum Gasteiger partial charge on any atom is -0.349 e. The highest BCUT2D eigenvalue weighted by Gasteiger charge is 2.63. The number of carbonyl (C=O) groups is 3. The number of hydrogen-bond acceptors (Lipinski definition) is 3. The number of halogens is 1. The van der Waals surface area contributed by atoms with Gasteiger partial charge >= 0.3 is 0 Å². The van der Waals surface area contributed by atoms with Gasteiger partial charge in [-0.2, -0.15) is 0 Å². The molecule has 2 aliphatic rings. The average Bonchev–Trinajstić information content (AvgIpc) is 2.84. The second-order valence-electron chi connectivity index (χ2n) is 8.10. The Labute approximate surface area is 142 Å². The van der Waals surface area contributed by atoms with Crippen LogP contribution in [0.3, 0.4) is 0 Å². The Bertz CT molecular complexity index is 569. The number of alkyl halides is 1. The highest BCUT2D eigenvalue weighted by atomic mass is 19.1. The van der Waals surface area contributed by atoms with E-state index in [9.17, 15) is 18.8 Å². The predicted molar refractivity (Wildman–Crippen MR) is 88.9 cm³/mol. The number of carbonyl (C=O) groups excluding carboxylic acids is 3. The van der Waals surface area contributed by atoms with E-state index in [1.807, 2.05) is 20.8 Å². The van der Waals surface area contributed by atoms with Crippen molar-refractivity contribution in [2.75, 3.05) is 0 Å². The number of amides is 2. The number of Topliss-reactive ketones (excluding diaryl/α,β-unsaturated/α-hetero) is 1. The maximum absolute atomic E-state index is 14.5. The van der Waals surface area contributed by atoms with Crippen molar-refractivity contribution >= 4 is 17.6 Å². The summed E-state index contributed by atoms with van der Waals surface area (Å²) in [6.45, 7) is 10.6. The van der Waals surface area contributed by atoms with Gasteiger partial charge in [-0.3, -0.25) is 14.4 Å². The summed E-state index contributed by atoms with van der Waals surface area (Å²) in [5, 5.41) is 5.72. The van der Waals surface area contributed by atoms with Crippen LogP contribution in [0.15, 0.2) is 12.7 Å².